The topological polar surface area (TPSA) is 23.6 Å². The third-order valence-electron chi connectivity index (χ3n) is 4.95. The summed E-state index contributed by atoms with van der Waals surface area (Å²) in [6, 6.07) is 20.0. The van der Waals surface area contributed by atoms with Crippen LogP contribution in [-0.2, 0) is 11.2 Å². The molecule has 1 aliphatic heterocycles. The molecular formula is C22H28N2O. The van der Waals surface area contributed by atoms with Crippen molar-refractivity contribution in [1.82, 2.24) is 4.90 Å². The number of rotatable bonds is 6. The first-order chi connectivity index (χ1) is 12.9. The van der Waals surface area contributed by atoms with Gasteiger partial charge in [0, 0.05) is 40.5 Å². The molecule has 25 heavy (non-hydrogen) atoms. The predicted octanol–water partition coefficient (Wildman–Crippen LogP) is 4.14. The molecular weight excluding hydrogens is 308 g/mol. The van der Waals surface area contributed by atoms with Crippen LogP contribution in [0.4, 0.5) is 5.69 Å². The van der Waals surface area contributed by atoms with E-state index in [2.05, 4.69) is 29.2 Å². The van der Waals surface area contributed by atoms with Crippen molar-refractivity contribution in [2.24, 2.45) is 0 Å². The molecule has 0 aromatic heterocycles. The zero-order valence-electron chi connectivity index (χ0n) is 16.9. The number of carbonyl (C=O) groups is 1. The second-order valence-corrected chi connectivity index (χ2v) is 6.57. The molecule has 0 unspecified atom stereocenters. The van der Waals surface area contributed by atoms with Crippen LogP contribution >= 0.6 is 0 Å². The Balaban J connectivity index is 1.63. The van der Waals surface area contributed by atoms with Gasteiger partial charge < -0.3 is 9.80 Å². The van der Waals surface area contributed by atoms with Crippen molar-refractivity contribution in [3.63, 3.8) is 0 Å². The van der Waals surface area contributed by atoms with Crippen LogP contribution in [0, 0.1) is 0 Å². The minimum Gasteiger partial charge on any atom is -0.309 e. The molecule has 1 saturated heterocycles. The molecule has 0 saturated carbocycles. The summed E-state index contributed by atoms with van der Waals surface area (Å²) in [6.07, 6.45) is 0.891. The van der Waals surface area contributed by atoms with Gasteiger partial charge in [0.15, 0.2) is 0 Å². The SMILES string of the molecule is [2H]C([2H])(C)C(=O)N(c1ccccc1)C1CCN(CCc2ccccc2)CC1. The molecule has 132 valence electrons. The predicted molar refractivity (Wildman–Crippen MR) is 104 cm³/mol. The van der Waals surface area contributed by atoms with Crippen molar-refractivity contribution in [1.29, 1.82) is 0 Å². The first-order valence-corrected chi connectivity index (χ1v) is 9.10. The molecule has 3 rings (SSSR count). The fourth-order valence-corrected chi connectivity index (χ4v) is 3.54. The van der Waals surface area contributed by atoms with Crippen LogP contribution < -0.4 is 4.90 Å². The van der Waals surface area contributed by atoms with E-state index in [0.29, 0.717) is 0 Å². The van der Waals surface area contributed by atoms with Crippen LogP contribution in [0.5, 0.6) is 0 Å². The van der Waals surface area contributed by atoms with Gasteiger partial charge in [-0.2, -0.15) is 0 Å². The Hall–Kier alpha value is -2.13. The monoisotopic (exact) mass is 338 g/mol. The Bertz CT molecular complexity index is 723. The number of hydrogen-bond donors (Lipinski definition) is 0. The van der Waals surface area contributed by atoms with Gasteiger partial charge in [0.25, 0.3) is 0 Å². The molecule has 0 atom stereocenters. The van der Waals surface area contributed by atoms with E-state index in [4.69, 9.17) is 2.74 Å². The minimum absolute atomic E-state index is 0.0444. The average molecular weight is 338 g/mol. The van der Waals surface area contributed by atoms with Gasteiger partial charge in [0.2, 0.25) is 5.91 Å². The fraction of sp³-hybridized carbons (Fsp3) is 0.409. The molecule has 1 amide bonds. The second-order valence-electron chi connectivity index (χ2n) is 6.57. The highest BCUT2D eigenvalue weighted by Gasteiger charge is 2.28. The Kier molecular flexibility index (Phi) is 5.34. The summed E-state index contributed by atoms with van der Waals surface area (Å²) in [5.41, 5.74) is 2.14. The number of anilines is 1. The summed E-state index contributed by atoms with van der Waals surface area (Å²) >= 11 is 0. The lowest BCUT2D eigenvalue weighted by atomic mass is 10.0. The molecule has 1 heterocycles. The summed E-state index contributed by atoms with van der Waals surface area (Å²) in [6.45, 7) is 4.23. The molecule has 0 radical (unpaired) electrons. The van der Waals surface area contributed by atoms with Crippen LogP contribution in [0.25, 0.3) is 0 Å². The summed E-state index contributed by atoms with van der Waals surface area (Å²) < 4.78 is 15.8. The Morgan fingerprint density at radius 3 is 2.28 bits per heavy atom. The maximum absolute atomic E-state index is 12.8. The number of hydrogen-bond acceptors (Lipinski definition) is 2. The van der Waals surface area contributed by atoms with Gasteiger partial charge in [-0.25, -0.2) is 0 Å². The fourth-order valence-electron chi connectivity index (χ4n) is 3.54. The molecule has 0 aliphatic carbocycles. The van der Waals surface area contributed by atoms with E-state index in [9.17, 15) is 4.79 Å². The molecule has 0 bridgehead atoms. The average Bonchev–Trinajstić information content (AvgIpc) is 2.68. The maximum Gasteiger partial charge on any atom is 0.226 e. The quantitative estimate of drug-likeness (QED) is 0.790. The normalized spacial score (nSPS) is 17.6. The molecule has 1 aliphatic rings. The molecule has 1 fully saturated rings. The first kappa shape index (κ1) is 15.2. The van der Waals surface area contributed by atoms with Crippen LogP contribution in [-0.4, -0.2) is 36.5 Å². The number of nitrogens with zero attached hydrogens (tertiary/aromatic N) is 2. The molecule has 3 nitrogen and oxygen atoms in total. The van der Waals surface area contributed by atoms with Gasteiger partial charge in [-0.05, 0) is 37.0 Å². The van der Waals surface area contributed by atoms with E-state index in [1.165, 1.54) is 12.5 Å². The van der Waals surface area contributed by atoms with Crippen molar-refractivity contribution in [3.05, 3.63) is 66.2 Å². The number of para-hydroxylation sites is 1. The van der Waals surface area contributed by atoms with Gasteiger partial charge in [-0.1, -0.05) is 55.5 Å². The van der Waals surface area contributed by atoms with E-state index in [1.807, 2.05) is 36.4 Å². The van der Waals surface area contributed by atoms with Crippen molar-refractivity contribution in [3.8, 4) is 0 Å². The highest BCUT2D eigenvalue weighted by molar-refractivity contribution is 5.93. The highest BCUT2D eigenvalue weighted by atomic mass is 16.2. The third kappa shape index (κ3) is 4.70. The van der Waals surface area contributed by atoms with Crippen LogP contribution in [0.15, 0.2) is 60.7 Å². The molecule has 0 N–H and O–H groups in total. The van der Waals surface area contributed by atoms with Gasteiger partial charge in [0.1, 0.15) is 0 Å². The maximum atomic E-state index is 12.8. The molecule has 3 heteroatoms. The summed E-state index contributed by atoms with van der Waals surface area (Å²) in [5, 5.41) is 0. The van der Waals surface area contributed by atoms with Gasteiger partial charge in [-0.15, -0.1) is 0 Å². The van der Waals surface area contributed by atoms with E-state index >= 15 is 0 Å². The van der Waals surface area contributed by atoms with Crippen molar-refractivity contribution in [2.75, 3.05) is 24.5 Å². The van der Waals surface area contributed by atoms with E-state index in [0.717, 1.165) is 44.6 Å². The first-order valence-electron chi connectivity index (χ1n) is 10.1. The number of piperidine rings is 1. The molecule has 2 aromatic carbocycles. The van der Waals surface area contributed by atoms with Gasteiger partial charge in [-0.3, -0.25) is 4.79 Å². The van der Waals surface area contributed by atoms with Gasteiger partial charge >= 0.3 is 0 Å². The summed E-state index contributed by atoms with van der Waals surface area (Å²) in [7, 11) is 0. The minimum atomic E-state index is -1.87. The van der Waals surface area contributed by atoms with E-state index in [-0.39, 0.29) is 6.04 Å². The van der Waals surface area contributed by atoms with Crippen LogP contribution in [0.3, 0.4) is 0 Å². The lowest BCUT2D eigenvalue weighted by molar-refractivity contribution is -0.119. The Morgan fingerprint density at radius 2 is 1.68 bits per heavy atom. The second kappa shape index (κ2) is 8.82. The van der Waals surface area contributed by atoms with Gasteiger partial charge in [0.05, 0.1) is 0 Å². The lowest BCUT2D eigenvalue weighted by Gasteiger charge is -2.38. The molecule has 0 spiro atoms. The Labute approximate surface area is 154 Å². The summed E-state index contributed by atoms with van der Waals surface area (Å²) in [4.78, 5) is 16.9. The van der Waals surface area contributed by atoms with E-state index < -0.39 is 12.3 Å². The third-order valence-corrected chi connectivity index (χ3v) is 4.95. The standard InChI is InChI=1S/C22H28N2O/c1-2-22(25)24(20-11-7-4-8-12-20)21-14-17-23(18-15-21)16-13-19-9-5-3-6-10-19/h3-12,21H,2,13-18H2,1H3/i2D2. The highest BCUT2D eigenvalue weighted by Crippen LogP contribution is 2.24. The number of amides is 1. The smallest absolute Gasteiger partial charge is 0.226 e. The number of likely N-dealkylation sites (tertiary alicyclic amines) is 1. The zero-order chi connectivity index (χ0) is 19.3. The number of carbonyl (C=O) groups excluding carboxylic acids is 1. The van der Waals surface area contributed by atoms with Crippen LogP contribution in [0.1, 0.15) is 34.4 Å². The van der Waals surface area contributed by atoms with Crippen molar-refractivity contribution < 1.29 is 7.54 Å². The van der Waals surface area contributed by atoms with Crippen molar-refractivity contribution >= 4 is 11.6 Å². The zero-order valence-corrected chi connectivity index (χ0v) is 14.9. The van der Waals surface area contributed by atoms with Crippen LogP contribution in [0.2, 0.25) is 0 Å². The van der Waals surface area contributed by atoms with Crippen molar-refractivity contribution in [2.45, 2.75) is 38.6 Å². The lowest BCUT2D eigenvalue weighted by Crippen LogP contribution is -2.47. The molecule has 2 aromatic rings. The number of benzene rings is 2. The summed E-state index contributed by atoms with van der Waals surface area (Å²) in [5.74, 6) is -0.448. The largest absolute Gasteiger partial charge is 0.309 e. The Morgan fingerprint density at radius 1 is 1.08 bits per heavy atom. The van der Waals surface area contributed by atoms with E-state index in [1.54, 1.807) is 4.90 Å².